The monoisotopic (exact) mass is 200 g/mol. The van der Waals surface area contributed by atoms with Crippen LogP contribution in [0.15, 0.2) is 35.9 Å². The smallest absolute Gasteiger partial charge is 0.251 e. The standard InChI is InChI=1S/C13H14NO/c1-10-5-4-8-12(9-10)14-13(15)11-6-2-3-7-11/h4-6,8-9H,1-3,7H2,(H,14,15). The summed E-state index contributed by atoms with van der Waals surface area (Å²) in [4.78, 5) is 11.7. The predicted octanol–water partition coefficient (Wildman–Crippen LogP) is 2.92. The molecule has 0 spiro atoms. The quantitative estimate of drug-likeness (QED) is 0.781. The number of hydrogen-bond acceptors (Lipinski definition) is 1. The Hall–Kier alpha value is -1.57. The van der Waals surface area contributed by atoms with Crippen molar-refractivity contribution in [3.05, 3.63) is 48.4 Å². The number of rotatable bonds is 2. The van der Waals surface area contributed by atoms with E-state index in [1.165, 1.54) is 0 Å². The molecule has 15 heavy (non-hydrogen) atoms. The molecule has 2 nitrogen and oxygen atoms in total. The van der Waals surface area contributed by atoms with Gasteiger partial charge in [-0.3, -0.25) is 4.79 Å². The summed E-state index contributed by atoms with van der Waals surface area (Å²) in [7, 11) is 0. The molecule has 0 bridgehead atoms. The molecule has 0 aliphatic heterocycles. The van der Waals surface area contributed by atoms with Gasteiger partial charge in [0.2, 0.25) is 0 Å². The van der Waals surface area contributed by atoms with E-state index in [-0.39, 0.29) is 5.91 Å². The molecule has 1 amide bonds. The first kappa shape index (κ1) is 9.97. The fourth-order valence-electron chi connectivity index (χ4n) is 1.74. The lowest BCUT2D eigenvalue weighted by Gasteiger charge is -2.06. The van der Waals surface area contributed by atoms with E-state index < -0.39 is 0 Å². The summed E-state index contributed by atoms with van der Waals surface area (Å²) in [5.41, 5.74) is 2.64. The van der Waals surface area contributed by atoms with E-state index in [9.17, 15) is 4.79 Å². The highest BCUT2D eigenvalue weighted by Gasteiger charge is 2.12. The van der Waals surface area contributed by atoms with Gasteiger partial charge in [-0.1, -0.05) is 18.2 Å². The molecule has 0 saturated carbocycles. The zero-order chi connectivity index (χ0) is 10.7. The van der Waals surface area contributed by atoms with Gasteiger partial charge in [0.15, 0.2) is 0 Å². The average Bonchev–Trinajstić information content (AvgIpc) is 2.70. The lowest BCUT2D eigenvalue weighted by molar-refractivity contribution is -0.112. The molecule has 1 radical (unpaired) electrons. The van der Waals surface area contributed by atoms with Crippen molar-refractivity contribution in [1.29, 1.82) is 0 Å². The molecule has 1 aliphatic carbocycles. The van der Waals surface area contributed by atoms with Gasteiger partial charge in [0.05, 0.1) is 0 Å². The lowest BCUT2D eigenvalue weighted by atomic mass is 10.2. The molecule has 0 atom stereocenters. The molecule has 1 N–H and O–H groups in total. The minimum Gasteiger partial charge on any atom is -0.322 e. The Bertz CT molecular complexity index is 407. The van der Waals surface area contributed by atoms with Crippen molar-refractivity contribution in [1.82, 2.24) is 0 Å². The van der Waals surface area contributed by atoms with E-state index in [0.29, 0.717) is 0 Å². The van der Waals surface area contributed by atoms with E-state index >= 15 is 0 Å². The van der Waals surface area contributed by atoms with Gasteiger partial charge in [-0.15, -0.1) is 0 Å². The van der Waals surface area contributed by atoms with Crippen molar-refractivity contribution in [3.63, 3.8) is 0 Å². The van der Waals surface area contributed by atoms with Gasteiger partial charge < -0.3 is 5.32 Å². The number of benzene rings is 1. The van der Waals surface area contributed by atoms with Crippen LogP contribution in [-0.4, -0.2) is 5.91 Å². The lowest BCUT2D eigenvalue weighted by Crippen LogP contribution is -2.13. The van der Waals surface area contributed by atoms with Crippen molar-refractivity contribution in [2.75, 3.05) is 5.32 Å². The SMILES string of the molecule is [CH2]c1cccc(NC(=O)C2=CCCC2)c1. The molecule has 2 rings (SSSR count). The summed E-state index contributed by atoms with van der Waals surface area (Å²) >= 11 is 0. The summed E-state index contributed by atoms with van der Waals surface area (Å²) < 4.78 is 0. The Morgan fingerprint density at radius 2 is 2.27 bits per heavy atom. The van der Waals surface area contributed by atoms with Crippen LogP contribution in [-0.2, 0) is 4.79 Å². The first-order chi connectivity index (χ1) is 7.25. The molecule has 0 unspecified atom stereocenters. The van der Waals surface area contributed by atoms with Crippen LogP contribution in [0.25, 0.3) is 0 Å². The van der Waals surface area contributed by atoms with Gasteiger partial charge in [-0.2, -0.15) is 0 Å². The van der Waals surface area contributed by atoms with Crippen LogP contribution in [0, 0.1) is 6.92 Å². The average molecular weight is 200 g/mol. The largest absolute Gasteiger partial charge is 0.322 e. The van der Waals surface area contributed by atoms with Crippen molar-refractivity contribution < 1.29 is 4.79 Å². The van der Waals surface area contributed by atoms with Crippen LogP contribution in [0.3, 0.4) is 0 Å². The van der Waals surface area contributed by atoms with Crippen LogP contribution in [0.1, 0.15) is 24.8 Å². The normalized spacial score (nSPS) is 14.9. The van der Waals surface area contributed by atoms with Crippen LogP contribution in [0.4, 0.5) is 5.69 Å². The first-order valence-corrected chi connectivity index (χ1v) is 5.18. The number of amides is 1. The number of hydrogen-bond donors (Lipinski definition) is 1. The molecule has 2 heteroatoms. The van der Waals surface area contributed by atoms with Gasteiger partial charge in [0.1, 0.15) is 0 Å². The molecular formula is C13H14NO. The van der Waals surface area contributed by atoms with Crippen LogP contribution in [0.2, 0.25) is 0 Å². The third-order valence-electron chi connectivity index (χ3n) is 2.52. The Labute approximate surface area is 90.0 Å². The minimum absolute atomic E-state index is 0.0260. The summed E-state index contributed by atoms with van der Waals surface area (Å²) in [5, 5.41) is 2.88. The second-order valence-corrected chi connectivity index (χ2v) is 3.78. The number of nitrogens with one attached hydrogen (secondary N) is 1. The van der Waals surface area contributed by atoms with E-state index in [4.69, 9.17) is 0 Å². The fourth-order valence-corrected chi connectivity index (χ4v) is 1.74. The third-order valence-corrected chi connectivity index (χ3v) is 2.52. The fraction of sp³-hybridized carbons (Fsp3) is 0.231. The van der Waals surface area contributed by atoms with E-state index in [1.807, 2.05) is 30.3 Å². The van der Waals surface area contributed by atoms with Gasteiger partial charge in [-0.05, 0) is 43.9 Å². The maximum Gasteiger partial charge on any atom is 0.251 e. The van der Waals surface area contributed by atoms with Crippen LogP contribution < -0.4 is 5.32 Å². The second-order valence-electron chi connectivity index (χ2n) is 3.78. The van der Waals surface area contributed by atoms with E-state index in [0.717, 1.165) is 36.1 Å². The summed E-state index contributed by atoms with van der Waals surface area (Å²) in [6, 6.07) is 7.54. The molecule has 77 valence electrons. The molecule has 1 aromatic rings. The van der Waals surface area contributed by atoms with E-state index in [2.05, 4.69) is 12.2 Å². The second kappa shape index (κ2) is 4.30. The number of carbonyl (C=O) groups excluding carboxylic acids is 1. The Morgan fingerprint density at radius 3 is 2.93 bits per heavy atom. The highest BCUT2D eigenvalue weighted by atomic mass is 16.1. The molecule has 0 fully saturated rings. The zero-order valence-electron chi connectivity index (χ0n) is 8.62. The molecule has 1 aromatic carbocycles. The molecule has 0 saturated heterocycles. The molecule has 0 aromatic heterocycles. The topological polar surface area (TPSA) is 29.1 Å². The summed E-state index contributed by atoms with van der Waals surface area (Å²) in [5.74, 6) is 0.0260. The highest BCUT2D eigenvalue weighted by molar-refractivity contribution is 6.03. The predicted molar refractivity (Wildman–Crippen MR) is 61.5 cm³/mol. The van der Waals surface area contributed by atoms with Crippen molar-refractivity contribution in [2.45, 2.75) is 19.3 Å². The summed E-state index contributed by atoms with van der Waals surface area (Å²) in [6.45, 7) is 3.82. The van der Waals surface area contributed by atoms with Gasteiger partial charge in [-0.25, -0.2) is 0 Å². The van der Waals surface area contributed by atoms with Gasteiger partial charge in [0, 0.05) is 11.3 Å². The molecular weight excluding hydrogens is 186 g/mol. The van der Waals surface area contributed by atoms with Gasteiger partial charge in [0.25, 0.3) is 5.91 Å². The molecule has 1 aliphatic rings. The number of carbonyl (C=O) groups is 1. The maximum absolute atomic E-state index is 11.7. The van der Waals surface area contributed by atoms with Crippen molar-refractivity contribution >= 4 is 11.6 Å². The van der Waals surface area contributed by atoms with Gasteiger partial charge >= 0.3 is 0 Å². The minimum atomic E-state index is 0.0260. The molecule has 0 heterocycles. The van der Waals surface area contributed by atoms with E-state index in [1.54, 1.807) is 0 Å². The number of allylic oxidation sites excluding steroid dienone is 1. The van der Waals surface area contributed by atoms with Crippen molar-refractivity contribution in [2.24, 2.45) is 0 Å². The first-order valence-electron chi connectivity index (χ1n) is 5.18. The Morgan fingerprint density at radius 1 is 1.40 bits per heavy atom. The summed E-state index contributed by atoms with van der Waals surface area (Å²) in [6.07, 6.45) is 5.04. The van der Waals surface area contributed by atoms with Crippen LogP contribution >= 0.6 is 0 Å². The third kappa shape index (κ3) is 2.46. The van der Waals surface area contributed by atoms with Crippen LogP contribution in [0.5, 0.6) is 0 Å². The highest BCUT2D eigenvalue weighted by Crippen LogP contribution is 2.19. The zero-order valence-corrected chi connectivity index (χ0v) is 8.62. The Balaban J connectivity index is 2.05. The maximum atomic E-state index is 11.7. The van der Waals surface area contributed by atoms with Crippen molar-refractivity contribution in [3.8, 4) is 0 Å². The number of anilines is 1. The Kier molecular flexibility index (Phi) is 2.86.